The second kappa shape index (κ2) is 5.90. The third-order valence-corrected chi connectivity index (χ3v) is 4.48. The average molecular weight is 330 g/mol. The van der Waals surface area contributed by atoms with E-state index in [1.54, 1.807) is 23.5 Å². The molecule has 22 heavy (non-hydrogen) atoms. The molecule has 0 amide bonds. The first-order chi connectivity index (χ1) is 10.5. The molecule has 0 aliphatic rings. The van der Waals surface area contributed by atoms with E-state index >= 15 is 0 Å². The Kier molecular flexibility index (Phi) is 3.96. The topological polar surface area (TPSA) is 59.1 Å². The summed E-state index contributed by atoms with van der Waals surface area (Å²) in [6, 6.07) is 17.2. The van der Waals surface area contributed by atoms with Crippen molar-refractivity contribution >= 4 is 27.0 Å². The maximum atomic E-state index is 11.3. The van der Waals surface area contributed by atoms with Crippen LogP contribution in [0.25, 0.3) is 21.8 Å². The lowest BCUT2D eigenvalue weighted by atomic mass is 10.1. The van der Waals surface area contributed by atoms with E-state index in [1.165, 1.54) is 0 Å². The molecule has 0 bridgehead atoms. The van der Waals surface area contributed by atoms with Crippen LogP contribution in [0.5, 0.6) is 0 Å². The van der Waals surface area contributed by atoms with Crippen molar-refractivity contribution in [2.45, 2.75) is 0 Å². The zero-order valence-corrected chi connectivity index (χ0v) is 13.5. The van der Waals surface area contributed by atoms with Crippen LogP contribution in [0.3, 0.4) is 0 Å². The molecule has 1 heterocycles. The molecule has 0 radical (unpaired) electrons. The van der Waals surface area contributed by atoms with E-state index in [1.807, 2.05) is 47.8 Å². The number of anilines is 1. The van der Waals surface area contributed by atoms with Gasteiger partial charge in [0.05, 0.1) is 11.9 Å². The highest BCUT2D eigenvalue weighted by atomic mass is 32.2. The van der Waals surface area contributed by atoms with Crippen molar-refractivity contribution in [3.8, 4) is 21.8 Å². The summed E-state index contributed by atoms with van der Waals surface area (Å²) in [6.45, 7) is 0. The number of benzene rings is 2. The highest BCUT2D eigenvalue weighted by Gasteiger charge is 2.08. The van der Waals surface area contributed by atoms with Crippen molar-refractivity contribution in [3.63, 3.8) is 0 Å². The molecule has 2 aromatic carbocycles. The van der Waals surface area contributed by atoms with Crippen LogP contribution in [0.15, 0.2) is 60.0 Å². The number of thiazole rings is 1. The summed E-state index contributed by atoms with van der Waals surface area (Å²) in [6.07, 6.45) is 1.13. The maximum absolute atomic E-state index is 11.3. The molecule has 0 aliphatic heterocycles. The van der Waals surface area contributed by atoms with Gasteiger partial charge in [0.15, 0.2) is 0 Å². The molecule has 0 spiro atoms. The molecule has 4 nitrogen and oxygen atoms in total. The maximum Gasteiger partial charge on any atom is 0.229 e. The molecule has 6 heteroatoms. The third-order valence-electron chi connectivity index (χ3n) is 2.99. The van der Waals surface area contributed by atoms with Gasteiger partial charge in [0.2, 0.25) is 10.0 Å². The van der Waals surface area contributed by atoms with Gasteiger partial charge >= 0.3 is 0 Å². The number of hydrogen-bond acceptors (Lipinski definition) is 4. The second-order valence-electron chi connectivity index (χ2n) is 4.86. The molecule has 0 unspecified atom stereocenters. The standard InChI is InChI=1S/C16H14N2O2S2/c1-22(19,20)18-14-9-5-8-13(10-14)15-11-21-16(17-15)12-6-3-2-4-7-12/h2-11,18H,1H3. The number of nitrogens with zero attached hydrogens (tertiary/aromatic N) is 1. The number of hydrogen-bond donors (Lipinski definition) is 1. The predicted octanol–water partition coefficient (Wildman–Crippen LogP) is 3.85. The van der Waals surface area contributed by atoms with Gasteiger partial charge in [-0.05, 0) is 12.1 Å². The van der Waals surface area contributed by atoms with Gasteiger partial charge in [-0.15, -0.1) is 11.3 Å². The van der Waals surface area contributed by atoms with Gasteiger partial charge in [0, 0.05) is 22.2 Å². The molecule has 1 aromatic heterocycles. The largest absolute Gasteiger partial charge is 0.284 e. The summed E-state index contributed by atoms with van der Waals surface area (Å²) >= 11 is 1.57. The Hall–Kier alpha value is -2.18. The molecule has 0 saturated heterocycles. The Balaban J connectivity index is 1.92. The van der Waals surface area contributed by atoms with Crippen molar-refractivity contribution in [1.82, 2.24) is 4.98 Å². The molecule has 112 valence electrons. The van der Waals surface area contributed by atoms with E-state index in [4.69, 9.17) is 0 Å². The van der Waals surface area contributed by atoms with Crippen LogP contribution in [0.4, 0.5) is 5.69 Å². The number of sulfonamides is 1. The number of nitrogens with one attached hydrogen (secondary N) is 1. The summed E-state index contributed by atoms with van der Waals surface area (Å²) < 4.78 is 25.1. The quantitative estimate of drug-likeness (QED) is 0.790. The average Bonchev–Trinajstić information content (AvgIpc) is 2.96. The van der Waals surface area contributed by atoms with Crippen LogP contribution in [0, 0.1) is 0 Å². The van der Waals surface area contributed by atoms with Gasteiger partial charge in [0.1, 0.15) is 5.01 Å². The van der Waals surface area contributed by atoms with Crippen LogP contribution >= 0.6 is 11.3 Å². The normalized spacial score (nSPS) is 11.3. The fourth-order valence-corrected chi connectivity index (χ4v) is 3.47. The van der Waals surface area contributed by atoms with E-state index in [0.717, 1.165) is 28.1 Å². The Labute approximate surface area is 133 Å². The van der Waals surface area contributed by atoms with E-state index in [-0.39, 0.29) is 0 Å². The Morgan fingerprint density at radius 3 is 2.45 bits per heavy atom. The summed E-state index contributed by atoms with van der Waals surface area (Å²) in [4.78, 5) is 4.63. The molecule has 3 rings (SSSR count). The summed E-state index contributed by atoms with van der Waals surface area (Å²) in [7, 11) is -3.28. The Morgan fingerprint density at radius 2 is 1.73 bits per heavy atom. The fraction of sp³-hybridized carbons (Fsp3) is 0.0625. The van der Waals surface area contributed by atoms with Gasteiger partial charge in [0.25, 0.3) is 0 Å². The molecule has 3 aromatic rings. The van der Waals surface area contributed by atoms with E-state index < -0.39 is 10.0 Å². The third kappa shape index (κ3) is 3.52. The molecular weight excluding hydrogens is 316 g/mol. The van der Waals surface area contributed by atoms with Crippen molar-refractivity contribution in [1.29, 1.82) is 0 Å². The van der Waals surface area contributed by atoms with Gasteiger partial charge < -0.3 is 0 Å². The molecule has 1 N–H and O–H groups in total. The number of aromatic nitrogens is 1. The van der Waals surface area contributed by atoms with Crippen LogP contribution in [-0.2, 0) is 10.0 Å². The Morgan fingerprint density at radius 1 is 1.00 bits per heavy atom. The van der Waals surface area contributed by atoms with Gasteiger partial charge in [-0.3, -0.25) is 4.72 Å². The molecule has 0 saturated carbocycles. The van der Waals surface area contributed by atoms with Crippen molar-refractivity contribution in [2.75, 3.05) is 11.0 Å². The number of rotatable bonds is 4. The first-order valence-corrected chi connectivity index (χ1v) is 9.37. The van der Waals surface area contributed by atoms with Gasteiger partial charge in [-0.25, -0.2) is 13.4 Å². The molecular formula is C16H14N2O2S2. The second-order valence-corrected chi connectivity index (χ2v) is 7.47. The molecule has 0 atom stereocenters. The minimum absolute atomic E-state index is 0.536. The lowest BCUT2D eigenvalue weighted by molar-refractivity contribution is 0.607. The predicted molar refractivity (Wildman–Crippen MR) is 91.5 cm³/mol. The minimum atomic E-state index is -3.28. The van der Waals surface area contributed by atoms with Crippen molar-refractivity contribution < 1.29 is 8.42 Å². The first kappa shape index (κ1) is 14.7. The van der Waals surface area contributed by atoms with Crippen LogP contribution in [0.2, 0.25) is 0 Å². The molecule has 0 fully saturated rings. The van der Waals surface area contributed by atoms with E-state index in [0.29, 0.717) is 5.69 Å². The summed E-state index contributed by atoms with van der Waals surface area (Å²) in [5, 5.41) is 2.92. The van der Waals surface area contributed by atoms with Crippen LogP contribution in [-0.4, -0.2) is 19.7 Å². The molecule has 0 aliphatic carbocycles. The van der Waals surface area contributed by atoms with E-state index in [9.17, 15) is 8.42 Å². The lowest BCUT2D eigenvalue weighted by Crippen LogP contribution is -2.09. The zero-order valence-electron chi connectivity index (χ0n) is 11.9. The van der Waals surface area contributed by atoms with Gasteiger partial charge in [-0.1, -0.05) is 42.5 Å². The van der Waals surface area contributed by atoms with Crippen molar-refractivity contribution in [3.05, 3.63) is 60.0 Å². The Bertz CT molecular complexity index is 887. The monoisotopic (exact) mass is 330 g/mol. The van der Waals surface area contributed by atoms with Crippen molar-refractivity contribution in [2.24, 2.45) is 0 Å². The van der Waals surface area contributed by atoms with Crippen LogP contribution in [0.1, 0.15) is 0 Å². The van der Waals surface area contributed by atoms with E-state index in [2.05, 4.69) is 9.71 Å². The zero-order chi connectivity index (χ0) is 15.6. The smallest absolute Gasteiger partial charge is 0.229 e. The first-order valence-electron chi connectivity index (χ1n) is 6.60. The minimum Gasteiger partial charge on any atom is -0.284 e. The highest BCUT2D eigenvalue weighted by Crippen LogP contribution is 2.29. The van der Waals surface area contributed by atoms with Crippen LogP contribution < -0.4 is 4.72 Å². The summed E-state index contributed by atoms with van der Waals surface area (Å²) in [5.41, 5.74) is 3.33. The SMILES string of the molecule is CS(=O)(=O)Nc1cccc(-c2csc(-c3ccccc3)n2)c1. The van der Waals surface area contributed by atoms with Gasteiger partial charge in [-0.2, -0.15) is 0 Å². The highest BCUT2D eigenvalue weighted by molar-refractivity contribution is 7.92. The summed E-state index contributed by atoms with van der Waals surface area (Å²) in [5.74, 6) is 0. The fourth-order valence-electron chi connectivity index (χ4n) is 2.08. The lowest BCUT2D eigenvalue weighted by Gasteiger charge is -2.05.